The van der Waals surface area contributed by atoms with E-state index < -0.39 is 0 Å². The highest BCUT2D eigenvalue weighted by Crippen LogP contribution is 1.95. The monoisotopic (exact) mass is 243 g/mol. The summed E-state index contributed by atoms with van der Waals surface area (Å²) in [6.07, 6.45) is 1.57. The van der Waals surface area contributed by atoms with Gasteiger partial charge in [0, 0.05) is 25.0 Å². The molecule has 0 bridgehead atoms. The molecular weight excluding hydrogens is 214 g/mol. The number of hydrogen-bond donors (Lipinski definition) is 2. The summed E-state index contributed by atoms with van der Waals surface area (Å²) in [5.74, 6) is 0.144. The first-order chi connectivity index (χ1) is 7.97. The quantitative estimate of drug-likeness (QED) is 0.599. The minimum Gasteiger partial charge on any atom is -0.356 e. The van der Waals surface area contributed by atoms with E-state index in [1.807, 2.05) is 6.92 Å². The Kier molecular flexibility index (Phi) is 9.09. The number of carbonyl (C=O) groups is 1. The Morgan fingerprint density at radius 1 is 1.29 bits per heavy atom. The van der Waals surface area contributed by atoms with Crippen molar-refractivity contribution >= 4 is 5.91 Å². The number of nitrogens with one attached hydrogen (secondary N) is 2. The van der Waals surface area contributed by atoms with E-state index >= 15 is 0 Å². The molecule has 1 unspecified atom stereocenters. The van der Waals surface area contributed by atoms with Crippen molar-refractivity contribution in [3.63, 3.8) is 0 Å². The van der Waals surface area contributed by atoms with Crippen LogP contribution in [0.2, 0.25) is 0 Å². The fourth-order valence-corrected chi connectivity index (χ4v) is 1.59. The Balaban J connectivity index is 3.51. The van der Waals surface area contributed by atoms with Crippen LogP contribution in [0.1, 0.15) is 40.5 Å². The maximum atomic E-state index is 11.5. The number of amides is 1. The molecule has 1 amide bonds. The molecule has 0 saturated carbocycles. The lowest BCUT2D eigenvalue weighted by molar-refractivity contribution is -0.121. The van der Waals surface area contributed by atoms with E-state index in [-0.39, 0.29) is 11.9 Å². The predicted molar refractivity (Wildman–Crippen MR) is 73.1 cm³/mol. The summed E-state index contributed by atoms with van der Waals surface area (Å²) >= 11 is 0. The average Bonchev–Trinajstić information content (AvgIpc) is 2.24. The van der Waals surface area contributed by atoms with Crippen molar-refractivity contribution in [3.8, 4) is 0 Å². The van der Waals surface area contributed by atoms with E-state index in [1.54, 1.807) is 0 Å². The second-order valence-electron chi connectivity index (χ2n) is 4.94. The lowest BCUT2D eigenvalue weighted by Crippen LogP contribution is -2.35. The topological polar surface area (TPSA) is 44.4 Å². The number of rotatable bonds is 9. The van der Waals surface area contributed by atoms with Gasteiger partial charge in [-0.25, -0.2) is 0 Å². The van der Waals surface area contributed by atoms with Crippen LogP contribution in [-0.4, -0.2) is 49.6 Å². The van der Waals surface area contributed by atoms with E-state index in [9.17, 15) is 4.79 Å². The van der Waals surface area contributed by atoms with Gasteiger partial charge in [0.1, 0.15) is 0 Å². The third-order valence-corrected chi connectivity index (χ3v) is 2.94. The van der Waals surface area contributed by atoms with Crippen LogP contribution in [0.15, 0.2) is 0 Å². The van der Waals surface area contributed by atoms with Crippen LogP contribution in [-0.2, 0) is 4.79 Å². The van der Waals surface area contributed by atoms with Crippen LogP contribution in [0, 0.1) is 0 Å². The van der Waals surface area contributed by atoms with E-state index in [4.69, 9.17) is 0 Å². The van der Waals surface area contributed by atoms with Gasteiger partial charge in [-0.2, -0.15) is 0 Å². The summed E-state index contributed by atoms with van der Waals surface area (Å²) in [6.45, 7) is 11.2. The molecular formula is C13H29N3O. The summed E-state index contributed by atoms with van der Waals surface area (Å²) in [6, 6.07) is 0.831. The first-order valence-electron chi connectivity index (χ1n) is 6.67. The zero-order chi connectivity index (χ0) is 13.3. The van der Waals surface area contributed by atoms with Crippen LogP contribution < -0.4 is 10.6 Å². The van der Waals surface area contributed by atoms with Gasteiger partial charge in [-0.05, 0) is 47.3 Å². The van der Waals surface area contributed by atoms with E-state index in [2.05, 4.69) is 43.4 Å². The van der Waals surface area contributed by atoms with Crippen molar-refractivity contribution < 1.29 is 4.79 Å². The van der Waals surface area contributed by atoms with E-state index in [0.29, 0.717) is 12.5 Å². The molecule has 102 valence electrons. The van der Waals surface area contributed by atoms with Crippen LogP contribution in [0.4, 0.5) is 0 Å². The summed E-state index contributed by atoms with van der Waals surface area (Å²) in [5, 5.41) is 6.19. The first kappa shape index (κ1) is 16.4. The highest BCUT2D eigenvalue weighted by Gasteiger charge is 2.07. The second-order valence-corrected chi connectivity index (χ2v) is 4.94. The molecule has 0 heterocycles. The third-order valence-electron chi connectivity index (χ3n) is 2.94. The minimum absolute atomic E-state index is 0.144. The van der Waals surface area contributed by atoms with Crippen molar-refractivity contribution in [2.24, 2.45) is 0 Å². The van der Waals surface area contributed by atoms with Crippen LogP contribution >= 0.6 is 0 Å². The van der Waals surface area contributed by atoms with Crippen molar-refractivity contribution in [1.82, 2.24) is 15.5 Å². The van der Waals surface area contributed by atoms with Gasteiger partial charge in [-0.15, -0.1) is 0 Å². The summed E-state index contributed by atoms with van der Waals surface area (Å²) < 4.78 is 0. The Morgan fingerprint density at radius 3 is 2.47 bits per heavy atom. The van der Waals surface area contributed by atoms with E-state index in [1.165, 1.54) is 0 Å². The molecule has 0 spiro atoms. The van der Waals surface area contributed by atoms with Gasteiger partial charge in [0.25, 0.3) is 0 Å². The van der Waals surface area contributed by atoms with Crippen molar-refractivity contribution in [3.05, 3.63) is 0 Å². The van der Waals surface area contributed by atoms with E-state index in [0.717, 1.165) is 26.1 Å². The van der Waals surface area contributed by atoms with Crippen molar-refractivity contribution in [2.75, 3.05) is 26.7 Å². The fraction of sp³-hybridized carbons (Fsp3) is 0.923. The molecule has 1 atom stereocenters. The Hall–Kier alpha value is -0.610. The van der Waals surface area contributed by atoms with Gasteiger partial charge < -0.3 is 15.5 Å². The van der Waals surface area contributed by atoms with Gasteiger partial charge in [0.2, 0.25) is 5.91 Å². The van der Waals surface area contributed by atoms with Gasteiger partial charge in [-0.3, -0.25) is 4.79 Å². The van der Waals surface area contributed by atoms with Crippen molar-refractivity contribution in [2.45, 2.75) is 52.6 Å². The Morgan fingerprint density at radius 2 is 1.94 bits per heavy atom. The standard InChI is InChI=1S/C13H29N3O/c1-6-14-12(4)10-13(17)15-8-7-9-16(5)11(2)3/h11-12,14H,6-10H2,1-5H3,(H,15,17). The maximum absolute atomic E-state index is 11.5. The molecule has 0 aromatic rings. The molecule has 4 nitrogen and oxygen atoms in total. The molecule has 2 N–H and O–H groups in total. The predicted octanol–water partition coefficient (Wildman–Crippen LogP) is 1.22. The SMILES string of the molecule is CCNC(C)CC(=O)NCCCN(C)C(C)C. The zero-order valence-electron chi connectivity index (χ0n) is 12.0. The third kappa shape index (κ3) is 9.12. The van der Waals surface area contributed by atoms with Gasteiger partial charge in [0.05, 0.1) is 0 Å². The summed E-state index contributed by atoms with van der Waals surface area (Å²) in [7, 11) is 2.11. The Bertz CT molecular complexity index is 207. The fourth-order valence-electron chi connectivity index (χ4n) is 1.59. The van der Waals surface area contributed by atoms with Gasteiger partial charge in [-0.1, -0.05) is 6.92 Å². The van der Waals surface area contributed by atoms with Gasteiger partial charge >= 0.3 is 0 Å². The maximum Gasteiger partial charge on any atom is 0.221 e. The molecule has 0 radical (unpaired) electrons. The molecule has 0 aliphatic rings. The normalized spacial score (nSPS) is 13.1. The lowest BCUT2D eigenvalue weighted by Gasteiger charge is -2.20. The van der Waals surface area contributed by atoms with Crippen LogP contribution in [0.25, 0.3) is 0 Å². The highest BCUT2D eigenvalue weighted by molar-refractivity contribution is 5.76. The smallest absolute Gasteiger partial charge is 0.221 e. The average molecular weight is 243 g/mol. The summed E-state index contributed by atoms with van der Waals surface area (Å²) in [5.41, 5.74) is 0. The molecule has 0 aromatic heterocycles. The van der Waals surface area contributed by atoms with Crippen LogP contribution in [0.3, 0.4) is 0 Å². The zero-order valence-corrected chi connectivity index (χ0v) is 12.0. The molecule has 17 heavy (non-hydrogen) atoms. The number of hydrogen-bond acceptors (Lipinski definition) is 3. The lowest BCUT2D eigenvalue weighted by atomic mass is 10.2. The largest absolute Gasteiger partial charge is 0.356 e. The molecule has 0 aliphatic carbocycles. The second kappa shape index (κ2) is 9.42. The molecule has 0 saturated heterocycles. The number of nitrogens with zero attached hydrogens (tertiary/aromatic N) is 1. The molecule has 0 rings (SSSR count). The molecule has 4 heteroatoms. The van der Waals surface area contributed by atoms with Crippen molar-refractivity contribution in [1.29, 1.82) is 0 Å². The number of carbonyl (C=O) groups excluding carboxylic acids is 1. The Labute approximate surface area is 106 Å². The molecule has 0 fully saturated rings. The summed E-state index contributed by atoms with van der Waals surface area (Å²) in [4.78, 5) is 13.8. The minimum atomic E-state index is 0.144. The molecule has 0 aliphatic heterocycles. The first-order valence-corrected chi connectivity index (χ1v) is 6.67. The highest BCUT2D eigenvalue weighted by atomic mass is 16.1. The van der Waals surface area contributed by atoms with Crippen LogP contribution in [0.5, 0.6) is 0 Å². The van der Waals surface area contributed by atoms with Gasteiger partial charge in [0.15, 0.2) is 0 Å². The molecule has 0 aromatic carbocycles.